The Morgan fingerprint density at radius 2 is 1.77 bits per heavy atom. The van der Waals surface area contributed by atoms with Gasteiger partial charge in [-0.2, -0.15) is 0 Å². The van der Waals surface area contributed by atoms with Crippen molar-refractivity contribution in [3.8, 4) is 17.2 Å². The number of rotatable bonds is 9. The van der Waals surface area contributed by atoms with Crippen molar-refractivity contribution in [2.24, 2.45) is 4.99 Å². The topological polar surface area (TPSA) is 93.2 Å². The number of hydrogen-bond donors (Lipinski definition) is 3. The second-order valence-electron chi connectivity index (χ2n) is 6.61. The van der Waals surface area contributed by atoms with Gasteiger partial charge in [-0.3, -0.25) is 9.79 Å². The summed E-state index contributed by atoms with van der Waals surface area (Å²) in [5, 5.41) is 9.33. The molecular weight excluding hydrogens is 511 g/mol. The van der Waals surface area contributed by atoms with E-state index in [0.29, 0.717) is 25.2 Å². The number of halogens is 1. The van der Waals surface area contributed by atoms with E-state index in [1.165, 1.54) is 0 Å². The number of guanidine groups is 1. The molecule has 0 atom stereocenters. The van der Waals surface area contributed by atoms with Crippen molar-refractivity contribution in [3.63, 3.8) is 0 Å². The highest BCUT2D eigenvalue weighted by atomic mass is 127. The van der Waals surface area contributed by atoms with Crippen LogP contribution in [0.15, 0.2) is 47.5 Å². The number of carbonyl (C=O) groups is 1. The molecule has 1 heterocycles. The van der Waals surface area contributed by atoms with Crippen LogP contribution in [0.4, 0.5) is 0 Å². The molecule has 168 valence electrons. The van der Waals surface area contributed by atoms with Crippen LogP contribution >= 0.6 is 24.0 Å². The lowest BCUT2D eigenvalue weighted by Crippen LogP contribution is -2.41. The molecule has 0 radical (unpaired) electrons. The highest BCUT2D eigenvalue weighted by molar-refractivity contribution is 14.0. The monoisotopic (exact) mass is 540 g/mol. The van der Waals surface area contributed by atoms with Gasteiger partial charge >= 0.3 is 0 Å². The van der Waals surface area contributed by atoms with Crippen LogP contribution in [0.3, 0.4) is 0 Å². The summed E-state index contributed by atoms with van der Waals surface area (Å²) in [5.74, 6) is 2.89. The SMILES string of the molecule is CCNC(=NCCc1ccc2c(c1)OCO2)NCCNC(=O)c1ccc(OC)cc1.I. The van der Waals surface area contributed by atoms with Crippen LogP contribution in [0.1, 0.15) is 22.8 Å². The van der Waals surface area contributed by atoms with Gasteiger partial charge in [0.15, 0.2) is 17.5 Å². The van der Waals surface area contributed by atoms with Crippen LogP contribution in [0, 0.1) is 0 Å². The van der Waals surface area contributed by atoms with Crippen molar-refractivity contribution >= 4 is 35.8 Å². The van der Waals surface area contributed by atoms with Gasteiger partial charge in [0.25, 0.3) is 5.91 Å². The number of nitrogens with zero attached hydrogens (tertiary/aromatic N) is 1. The molecule has 1 aliphatic heterocycles. The molecule has 8 nitrogen and oxygen atoms in total. The Hall–Kier alpha value is -2.69. The first-order valence-corrected chi connectivity index (χ1v) is 10.0. The number of aliphatic imine (C=N–C) groups is 1. The van der Waals surface area contributed by atoms with Gasteiger partial charge in [-0.1, -0.05) is 6.07 Å². The largest absolute Gasteiger partial charge is 0.497 e. The van der Waals surface area contributed by atoms with E-state index in [0.717, 1.165) is 41.7 Å². The van der Waals surface area contributed by atoms with Gasteiger partial charge in [-0.25, -0.2) is 0 Å². The van der Waals surface area contributed by atoms with Crippen molar-refractivity contribution in [2.45, 2.75) is 13.3 Å². The summed E-state index contributed by atoms with van der Waals surface area (Å²) < 4.78 is 15.8. The summed E-state index contributed by atoms with van der Waals surface area (Å²) in [5.41, 5.74) is 1.74. The minimum atomic E-state index is -0.121. The quantitative estimate of drug-likeness (QED) is 0.196. The van der Waals surface area contributed by atoms with Crippen LogP contribution in [0.25, 0.3) is 0 Å². The van der Waals surface area contributed by atoms with E-state index in [2.05, 4.69) is 20.9 Å². The Bertz CT molecular complexity index is 874. The molecule has 9 heteroatoms. The molecule has 0 spiro atoms. The number of nitrogens with one attached hydrogen (secondary N) is 3. The van der Waals surface area contributed by atoms with Gasteiger partial charge in [0.1, 0.15) is 5.75 Å². The van der Waals surface area contributed by atoms with Crippen LogP contribution < -0.4 is 30.2 Å². The molecule has 0 aliphatic carbocycles. The first kappa shape index (κ1) is 24.6. The summed E-state index contributed by atoms with van der Waals surface area (Å²) >= 11 is 0. The summed E-state index contributed by atoms with van der Waals surface area (Å²) in [6, 6.07) is 13.0. The molecule has 2 aromatic carbocycles. The van der Waals surface area contributed by atoms with E-state index >= 15 is 0 Å². The minimum Gasteiger partial charge on any atom is -0.497 e. The molecule has 2 aromatic rings. The van der Waals surface area contributed by atoms with E-state index in [9.17, 15) is 4.79 Å². The van der Waals surface area contributed by atoms with Crippen LogP contribution in [0.2, 0.25) is 0 Å². The average Bonchev–Trinajstić information content (AvgIpc) is 3.24. The predicted octanol–water partition coefficient (Wildman–Crippen LogP) is 2.57. The van der Waals surface area contributed by atoms with Gasteiger partial charge in [-0.05, 0) is 55.3 Å². The normalized spacial score (nSPS) is 12.0. The van der Waals surface area contributed by atoms with Gasteiger partial charge in [0, 0.05) is 31.7 Å². The lowest BCUT2D eigenvalue weighted by Gasteiger charge is -2.12. The van der Waals surface area contributed by atoms with Crippen molar-refractivity contribution in [2.75, 3.05) is 40.1 Å². The number of hydrogen-bond acceptors (Lipinski definition) is 5. The molecule has 0 saturated heterocycles. The van der Waals surface area contributed by atoms with Crippen molar-refractivity contribution in [1.29, 1.82) is 0 Å². The first-order valence-electron chi connectivity index (χ1n) is 10.0. The Balaban J connectivity index is 0.00000341. The summed E-state index contributed by atoms with van der Waals surface area (Å²) in [4.78, 5) is 16.8. The molecule has 1 amide bonds. The lowest BCUT2D eigenvalue weighted by molar-refractivity contribution is 0.0954. The second kappa shape index (κ2) is 12.9. The van der Waals surface area contributed by atoms with Crippen LogP contribution in [-0.2, 0) is 6.42 Å². The highest BCUT2D eigenvalue weighted by Crippen LogP contribution is 2.32. The zero-order valence-electron chi connectivity index (χ0n) is 17.8. The summed E-state index contributed by atoms with van der Waals surface area (Å²) in [6.07, 6.45) is 0.793. The number of benzene rings is 2. The average molecular weight is 540 g/mol. The smallest absolute Gasteiger partial charge is 0.251 e. The third kappa shape index (κ3) is 7.50. The molecule has 0 aromatic heterocycles. The maximum atomic E-state index is 12.2. The number of methoxy groups -OCH3 is 1. The number of fused-ring (bicyclic) bond motifs is 1. The fraction of sp³-hybridized carbons (Fsp3) is 0.364. The highest BCUT2D eigenvalue weighted by Gasteiger charge is 2.12. The maximum absolute atomic E-state index is 12.2. The molecule has 3 N–H and O–H groups in total. The van der Waals surface area contributed by atoms with E-state index in [-0.39, 0.29) is 36.7 Å². The van der Waals surface area contributed by atoms with Crippen LogP contribution in [0.5, 0.6) is 17.2 Å². The molecular formula is C22H29IN4O4. The van der Waals surface area contributed by atoms with E-state index in [1.807, 2.05) is 25.1 Å². The molecule has 1 aliphatic rings. The summed E-state index contributed by atoms with van der Waals surface area (Å²) in [7, 11) is 1.60. The molecule has 3 rings (SSSR count). The molecule has 0 saturated carbocycles. The molecule has 0 bridgehead atoms. The van der Waals surface area contributed by atoms with Gasteiger partial charge in [0.2, 0.25) is 6.79 Å². The molecule has 0 unspecified atom stereocenters. The standard InChI is InChI=1S/C22H28N4O4.HI/c1-3-23-22(25-11-10-16-4-9-19-20(14-16)30-15-29-19)26-13-12-24-21(27)17-5-7-18(28-2)8-6-17;/h4-9,14H,3,10-13,15H2,1-2H3,(H,24,27)(H2,23,25,26);1H. The Labute approximate surface area is 199 Å². The van der Waals surface area contributed by atoms with E-state index in [1.54, 1.807) is 31.4 Å². The zero-order chi connectivity index (χ0) is 21.2. The Kier molecular flexibility index (Phi) is 10.2. The first-order chi connectivity index (χ1) is 14.7. The third-order valence-electron chi connectivity index (χ3n) is 4.51. The molecule has 31 heavy (non-hydrogen) atoms. The summed E-state index contributed by atoms with van der Waals surface area (Å²) in [6.45, 7) is 4.73. The van der Waals surface area contributed by atoms with Crippen molar-refractivity contribution in [3.05, 3.63) is 53.6 Å². The number of amides is 1. The Morgan fingerprint density at radius 1 is 1.03 bits per heavy atom. The van der Waals surface area contributed by atoms with Crippen molar-refractivity contribution in [1.82, 2.24) is 16.0 Å². The van der Waals surface area contributed by atoms with Gasteiger partial charge in [-0.15, -0.1) is 24.0 Å². The minimum absolute atomic E-state index is 0. The van der Waals surface area contributed by atoms with Crippen molar-refractivity contribution < 1.29 is 19.0 Å². The number of carbonyl (C=O) groups excluding carboxylic acids is 1. The fourth-order valence-corrected chi connectivity index (χ4v) is 2.94. The predicted molar refractivity (Wildman–Crippen MR) is 131 cm³/mol. The van der Waals surface area contributed by atoms with Gasteiger partial charge in [0.05, 0.1) is 7.11 Å². The zero-order valence-corrected chi connectivity index (χ0v) is 20.1. The lowest BCUT2D eigenvalue weighted by atomic mass is 10.1. The number of ether oxygens (including phenoxy) is 3. The third-order valence-corrected chi connectivity index (χ3v) is 4.51. The second-order valence-corrected chi connectivity index (χ2v) is 6.61. The van der Waals surface area contributed by atoms with Crippen LogP contribution in [-0.4, -0.2) is 51.9 Å². The van der Waals surface area contributed by atoms with E-state index < -0.39 is 0 Å². The van der Waals surface area contributed by atoms with E-state index in [4.69, 9.17) is 14.2 Å². The fourth-order valence-electron chi connectivity index (χ4n) is 2.94. The Morgan fingerprint density at radius 3 is 2.52 bits per heavy atom. The van der Waals surface area contributed by atoms with Gasteiger partial charge < -0.3 is 30.2 Å². The molecule has 0 fully saturated rings. The maximum Gasteiger partial charge on any atom is 0.251 e.